The highest BCUT2D eigenvalue weighted by molar-refractivity contribution is 5.96. The van der Waals surface area contributed by atoms with Crippen molar-refractivity contribution in [2.24, 2.45) is 0 Å². The molecule has 2 amide bonds. The number of benzene rings is 2. The summed E-state index contributed by atoms with van der Waals surface area (Å²) in [5, 5.41) is 5.81. The first kappa shape index (κ1) is 19.5. The van der Waals surface area contributed by atoms with Gasteiger partial charge in [-0.15, -0.1) is 0 Å². The van der Waals surface area contributed by atoms with Gasteiger partial charge in [-0.1, -0.05) is 42.5 Å². The maximum atomic E-state index is 12.3. The van der Waals surface area contributed by atoms with Gasteiger partial charge >= 0.3 is 0 Å². The topological polar surface area (TPSA) is 67.4 Å². The lowest BCUT2D eigenvalue weighted by Gasteiger charge is -2.14. The standard InChI is InChI=1S/C21H26N2O3/c1-3-26-19-13-8-7-12-18(19)21(25)22-15-9-14-20(24)23-16(2)17-10-5-4-6-11-17/h4-8,10-13,16H,3,9,14-15H2,1-2H3,(H,22,25)(H,23,24). The third-order valence-corrected chi connectivity index (χ3v) is 3.97. The molecule has 0 saturated heterocycles. The van der Waals surface area contributed by atoms with Gasteiger partial charge in [0.1, 0.15) is 5.75 Å². The van der Waals surface area contributed by atoms with Gasteiger partial charge in [-0.3, -0.25) is 9.59 Å². The molecule has 2 rings (SSSR count). The maximum Gasteiger partial charge on any atom is 0.255 e. The largest absolute Gasteiger partial charge is 0.493 e. The summed E-state index contributed by atoms with van der Waals surface area (Å²) < 4.78 is 5.46. The van der Waals surface area contributed by atoms with Gasteiger partial charge in [-0.25, -0.2) is 0 Å². The van der Waals surface area contributed by atoms with Crippen LogP contribution in [0, 0.1) is 0 Å². The molecular formula is C21H26N2O3. The molecule has 0 aliphatic carbocycles. The summed E-state index contributed by atoms with van der Waals surface area (Å²) in [7, 11) is 0. The van der Waals surface area contributed by atoms with E-state index < -0.39 is 0 Å². The number of amides is 2. The first-order valence-electron chi connectivity index (χ1n) is 8.96. The second-order valence-electron chi connectivity index (χ2n) is 5.99. The zero-order valence-electron chi connectivity index (χ0n) is 15.3. The van der Waals surface area contributed by atoms with Gasteiger partial charge in [0.15, 0.2) is 0 Å². The van der Waals surface area contributed by atoms with Crippen molar-refractivity contribution in [2.45, 2.75) is 32.7 Å². The van der Waals surface area contributed by atoms with E-state index in [1.165, 1.54) is 0 Å². The van der Waals surface area contributed by atoms with Gasteiger partial charge in [0.2, 0.25) is 5.91 Å². The Hall–Kier alpha value is -2.82. The number of hydrogen-bond acceptors (Lipinski definition) is 3. The van der Waals surface area contributed by atoms with Crippen molar-refractivity contribution in [3.8, 4) is 5.75 Å². The molecule has 5 heteroatoms. The quantitative estimate of drug-likeness (QED) is 0.678. The molecule has 138 valence electrons. The third kappa shape index (κ3) is 5.92. The molecule has 2 N–H and O–H groups in total. The van der Waals surface area contributed by atoms with Crippen LogP contribution in [-0.4, -0.2) is 25.0 Å². The molecular weight excluding hydrogens is 328 g/mol. The first-order chi connectivity index (χ1) is 12.6. The number of carbonyl (C=O) groups is 2. The number of hydrogen-bond donors (Lipinski definition) is 2. The summed E-state index contributed by atoms with van der Waals surface area (Å²) in [6.07, 6.45) is 0.945. The fourth-order valence-corrected chi connectivity index (χ4v) is 2.62. The number of carbonyl (C=O) groups excluding carboxylic acids is 2. The summed E-state index contributed by atoms with van der Waals surface area (Å²) in [6.45, 7) is 4.78. The molecule has 0 bridgehead atoms. The van der Waals surface area contributed by atoms with Crippen molar-refractivity contribution >= 4 is 11.8 Å². The van der Waals surface area contributed by atoms with E-state index >= 15 is 0 Å². The van der Waals surface area contributed by atoms with Crippen molar-refractivity contribution in [2.75, 3.05) is 13.2 Å². The van der Waals surface area contributed by atoms with Crippen LogP contribution in [0.5, 0.6) is 5.75 Å². The van der Waals surface area contributed by atoms with Crippen molar-refractivity contribution in [3.63, 3.8) is 0 Å². The molecule has 5 nitrogen and oxygen atoms in total. The van der Waals surface area contributed by atoms with Gasteiger partial charge in [-0.2, -0.15) is 0 Å². The number of para-hydroxylation sites is 1. The summed E-state index contributed by atoms with van der Waals surface area (Å²) in [4.78, 5) is 24.3. The predicted octanol–water partition coefficient (Wildman–Crippen LogP) is 3.47. The van der Waals surface area contributed by atoms with Crippen LogP contribution < -0.4 is 15.4 Å². The lowest BCUT2D eigenvalue weighted by molar-refractivity contribution is -0.121. The van der Waals surface area contributed by atoms with Crippen molar-refractivity contribution in [1.29, 1.82) is 0 Å². The smallest absolute Gasteiger partial charge is 0.255 e. The van der Waals surface area contributed by atoms with E-state index in [4.69, 9.17) is 4.74 Å². The Bertz CT molecular complexity index is 716. The highest BCUT2D eigenvalue weighted by Crippen LogP contribution is 2.17. The van der Waals surface area contributed by atoms with E-state index in [0.717, 1.165) is 5.56 Å². The molecule has 1 unspecified atom stereocenters. The molecule has 2 aromatic rings. The molecule has 2 aromatic carbocycles. The SMILES string of the molecule is CCOc1ccccc1C(=O)NCCCC(=O)NC(C)c1ccccc1. The molecule has 0 heterocycles. The zero-order valence-corrected chi connectivity index (χ0v) is 15.3. The van der Waals surface area contributed by atoms with Crippen LogP contribution >= 0.6 is 0 Å². The van der Waals surface area contributed by atoms with E-state index in [-0.39, 0.29) is 17.9 Å². The van der Waals surface area contributed by atoms with Crippen LogP contribution in [0.25, 0.3) is 0 Å². The normalized spacial score (nSPS) is 11.5. The van der Waals surface area contributed by atoms with E-state index in [1.807, 2.05) is 50.2 Å². The first-order valence-corrected chi connectivity index (χ1v) is 8.96. The molecule has 0 saturated carbocycles. The van der Waals surface area contributed by atoms with E-state index in [2.05, 4.69) is 10.6 Å². The minimum Gasteiger partial charge on any atom is -0.493 e. The highest BCUT2D eigenvalue weighted by atomic mass is 16.5. The molecule has 0 aliphatic rings. The molecule has 26 heavy (non-hydrogen) atoms. The summed E-state index contributed by atoms with van der Waals surface area (Å²) in [5.74, 6) is 0.361. The summed E-state index contributed by atoms with van der Waals surface area (Å²) in [6, 6.07) is 16.9. The van der Waals surface area contributed by atoms with Crippen LogP contribution in [0.15, 0.2) is 54.6 Å². The van der Waals surface area contributed by atoms with Crippen LogP contribution in [-0.2, 0) is 4.79 Å². The monoisotopic (exact) mass is 354 g/mol. The minimum atomic E-state index is -0.188. The van der Waals surface area contributed by atoms with Gasteiger partial charge in [0.05, 0.1) is 18.2 Å². The third-order valence-electron chi connectivity index (χ3n) is 3.97. The fourth-order valence-electron chi connectivity index (χ4n) is 2.62. The molecule has 0 fully saturated rings. The predicted molar refractivity (Wildman–Crippen MR) is 102 cm³/mol. The summed E-state index contributed by atoms with van der Waals surface area (Å²) >= 11 is 0. The number of ether oxygens (including phenoxy) is 1. The van der Waals surface area contributed by atoms with E-state index in [1.54, 1.807) is 18.2 Å². The Morgan fingerprint density at radius 3 is 2.46 bits per heavy atom. The highest BCUT2D eigenvalue weighted by Gasteiger charge is 2.12. The lowest BCUT2D eigenvalue weighted by atomic mass is 10.1. The summed E-state index contributed by atoms with van der Waals surface area (Å²) in [5.41, 5.74) is 1.58. The Morgan fingerprint density at radius 1 is 1.04 bits per heavy atom. The van der Waals surface area contributed by atoms with Gasteiger partial charge in [0.25, 0.3) is 5.91 Å². The Balaban J connectivity index is 1.73. The van der Waals surface area contributed by atoms with Crippen LogP contribution in [0.4, 0.5) is 0 Å². The Labute approximate surface area is 154 Å². The average Bonchev–Trinajstić information content (AvgIpc) is 2.66. The second-order valence-corrected chi connectivity index (χ2v) is 5.99. The molecule has 0 aliphatic heterocycles. The van der Waals surface area contributed by atoms with Crippen molar-refractivity contribution in [1.82, 2.24) is 10.6 Å². The molecule has 1 atom stereocenters. The minimum absolute atomic E-state index is 0.0229. The average molecular weight is 354 g/mol. The number of rotatable bonds is 9. The maximum absolute atomic E-state index is 12.3. The Kier molecular flexibility index (Phi) is 7.68. The fraction of sp³-hybridized carbons (Fsp3) is 0.333. The second kappa shape index (κ2) is 10.2. The van der Waals surface area contributed by atoms with Crippen molar-refractivity contribution in [3.05, 3.63) is 65.7 Å². The van der Waals surface area contributed by atoms with Crippen molar-refractivity contribution < 1.29 is 14.3 Å². The number of nitrogens with one attached hydrogen (secondary N) is 2. The van der Waals surface area contributed by atoms with Gasteiger partial charge in [0, 0.05) is 13.0 Å². The molecule has 0 radical (unpaired) electrons. The zero-order chi connectivity index (χ0) is 18.8. The molecule has 0 aromatic heterocycles. The van der Waals surface area contributed by atoms with Crippen LogP contribution in [0.2, 0.25) is 0 Å². The van der Waals surface area contributed by atoms with Crippen LogP contribution in [0.1, 0.15) is 48.7 Å². The van der Waals surface area contributed by atoms with Gasteiger partial charge in [-0.05, 0) is 38.0 Å². The Morgan fingerprint density at radius 2 is 1.73 bits per heavy atom. The van der Waals surface area contributed by atoms with Gasteiger partial charge < -0.3 is 15.4 Å². The van der Waals surface area contributed by atoms with E-state index in [0.29, 0.717) is 37.3 Å². The van der Waals surface area contributed by atoms with E-state index in [9.17, 15) is 9.59 Å². The lowest BCUT2D eigenvalue weighted by Crippen LogP contribution is -2.29. The van der Waals surface area contributed by atoms with Crippen LogP contribution in [0.3, 0.4) is 0 Å². The molecule has 0 spiro atoms.